The van der Waals surface area contributed by atoms with Crippen molar-refractivity contribution in [2.75, 3.05) is 17.2 Å². The molecule has 78 valence electrons. The van der Waals surface area contributed by atoms with E-state index in [4.69, 9.17) is 0 Å². The highest BCUT2D eigenvalue weighted by atomic mass is 14.9. The lowest BCUT2D eigenvalue weighted by Gasteiger charge is -2.11. The van der Waals surface area contributed by atoms with Crippen molar-refractivity contribution in [3.63, 3.8) is 0 Å². The smallest absolute Gasteiger partial charge is 0.0549 e. The molecule has 1 heterocycles. The minimum absolute atomic E-state index is 0.443. The molecule has 1 rings (SSSR count). The predicted molar refractivity (Wildman–Crippen MR) is 61.8 cm³/mol. The molecule has 0 spiro atoms. The van der Waals surface area contributed by atoms with Crippen LogP contribution in [0.3, 0.4) is 0 Å². The second kappa shape index (κ2) is 5.47. The number of nitrogens with one attached hydrogen (secondary N) is 2. The summed E-state index contributed by atoms with van der Waals surface area (Å²) in [6.07, 6.45) is 4.82. The zero-order chi connectivity index (χ0) is 10.4. The van der Waals surface area contributed by atoms with E-state index in [0.29, 0.717) is 6.04 Å². The summed E-state index contributed by atoms with van der Waals surface area (Å²) < 4.78 is 0. The molecule has 0 amide bonds. The lowest BCUT2D eigenvalue weighted by molar-refractivity contribution is 0.897. The van der Waals surface area contributed by atoms with Gasteiger partial charge in [-0.15, -0.1) is 0 Å². The molecule has 0 atom stereocenters. The van der Waals surface area contributed by atoms with Crippen molar-refractivity contribution >= 4 is 11.4 Å². The summed E-state index contributed by atoms with van der Waals surface area (Å²) in [5.74, 6) is 0. The van der Waals surface area contributed by atoms with Crippen LogP contribution in [0.15, 0.2) is 18.5 Å². The molecule has 14 heavy (non-hydrogen) atoms. The molecule has 0 radical (unpaired) electrons. The first-order chi connectivity index (χ1) is 6.72. The highest BCUT2D eigenvalue weighted by molar-refractivity contribution is 5.54. The quantitative estimate of drug-likeness (QED) is 0.755. The minimum Gasteiger partial charge on any atom is -0.384 e. The van der Waals surface area contributed by atoms with E-state index < -0.39 is 0 Å². The van der Waals surface area contributed by atoms with Gasteiger partial charge in [0.25, 0.3) is 0 Å². The lowest BCUT2D eigenvalue weighted by atomic mass is 10.3. The largest absolute Gasteiger partial charge is 0.384 e. The van der Waals surface area contributed by atoms with Gasteiger partial charge in [0.15, 0.2) is 0 Å². The van der Waals surface area contributed by atoms with Gasteiger partial charge in [-0.05, 0) is 26.3 Å². The number of pyridine rings is 1. The van der Waals surface area contributed by atoms with E-state index >= 15 is 0 Å². The topological polar surface area (TPSA) is 37.0 Å². The molecule has 0 unspecified atom stereocenters. The Balaban J connectivity index is 2.59. The maximum atomic E-state index is 4.17. The van der Waals surface area contributed by atoms with Gasteiger partial charge in [0.1, 0.15) is 0 Å². The first-order valence-corrected chi connectivity index (χ1v) is 5.18. The monoisotopic (exact) mass is 193 g/mol. The Morgan fingerprint density at radius 1 is 1.29 bits per heavy atom. The number of rotatable bonds is 5. The van der Waals surface area contributed by atoms with E-state index in [1.54, 1.807) is 0 Å². The Morgan fingerprint density at radius 3 is 2.64 bits per heavy atom. The molecule has 0 aromatic carbocycles. The maximum Gasteiger partial charge on any atom is 0.0549 e. The van der Waals surface area contributed by atoms with Gasteiger partial charge in [0.05, 0.1) is 23.8 Å². The summed E-state index contributed by atoms with van der Waals surface area (Å²) in [5.41, 5.74) is 2.15. The van der Waals surface area contributed by atoms with Gasteiger partial charge in [-0.25, -0.2) is 0 Å². The van der Waals surface area contributed by atoms with Crippen molar-refractivity contribution in [3.8, 4) is 0 Å². The first kappa shape index (κ1) is 10.8. The molecule has 1 aromatic rings. The normalized spacial score (nSPS) is 10.3. The van der Waals surface area contributed by atoms with E-state index in [9.17, 15) is 0 Å². The van der Waals surface area contributed by atoms with Gasteiger partial charge in [0.2, 0.25) is 0 Å². The predicted octanol–water partition coefficient (Wildman–Crippen LogP) is 2.72. The van der Waals surface area contributed by atoms with E-state index in [0.717, 1.165) is 24.3 Å². The van der Waals surface area contributed by atoms with Crippen LogP contribution >= 0.6 is 0 Å². The van der Waals surface area contributed by atoms with Crippen molar-refractivity contribution in [1.82, 2.24) is 4.98 Å². The van der Waals surface area contributed by atoms with E-state index in [-0.39, 0.29) is 0 Å². The highest BCUT2D eigenvalue weighted by Crippen LogP contribution is 2.13. The molecule has 3 nitrogen and oxygen atoms in total. The third kappa shape index (κ3) is 3.64. The fourth-order valence-corrected chi connectivity index (χ4v) is 1.22. The summed E-state index contributed by atoms with van der Waals surface area (Å²) >= 11 is 0. The number of nitrogens with zero attached hydrogens (tertiary/aromatic N) is 1. The van der Waals surface area contributed by atoms with Gasteiger partial charge in [-0.3, -0.25) is 4.98 Å². The van der Waals surface area contributed by atoms with Crippen molar-refractivity contribution in [2.24, 2.45) is 0 Å². The minimum atomic E-state index is 0.443. The average molecular weight is 193 g/mol. The number of hydrogen-bond donors (Lipinski definition) is 2. The lowest BCUT2D eigenvalue weighted by Crippen LogP contribution is -2.10. The molecule has 0 aliphatic heterocycles. The Bertz CT molecular complexity index is 271. The standard InChI is InChI=1S/C11H19N3/c1-4-5-13-10-6-11(8-12-7-10)14-9(2)3/h6-9,13-14H,4-5H2,1-3H3. The summed E-state index contributed by atoms with van der Waals surface area (Å²) in [6, 6.07) is 2.53. The third-order valence-corrected chi connectivity index (χ3v) is 1.77. The summed E-state index contributed by atoms with van der Waals surface area (Å²) in [7, 11) is 0. The number of hydrogen-bond acceptors (Lipinski definition) is 3. The molecule has 2 N–H and O–H groups in total. The van der Waals surface area contributed by atoms with E-state index in [1.807, 2.05) is 12.4 Å². The summed E-state index contributed by atoms with van der Waals surface area (Å²) in [6.45, 7) is 7.38. The van der Waals surface area contributed by atoms with Crippen LogP contribution in [0.25, 0.3) is 0 Å². The third-order valence-electron chi connectivity index (χ3n) is 1.77. The molecule has 0 bridgehead atoms. The fraction of sp³-hybridized carbons (Fsp3) is 0.545. The van der Waals surface area contributed by atoms with Crippen LogP contribution in [-0.2, 0) is 0 Å². The zero-order valence-corrected chi connectivity index (χ0v) is 9.17. The van der Waals surface area contributed by atoms with Crippen molar-refractivity contribution in [2.45, 2.75) is 33.2 Å². The van der Waals surface area contributed by atoms with Crippen LogP contribution < -0.4 is 10.6 Å². The van der Waals surface area contributed by atoms with E-state index in [2.05, 4.69) is 42.5 Å². The van der Waals surface area contributed by atoms with Gasteiger partial charge >= 0.3 is 0 Å². The average Bonchev–Trinajstić information content (AvgIpc) is 2.14. The molecule has 3 heteroatoms. The van der Waals surface area contributed by atoms with Crippen molar-refractivity contribution < 1.29 is 0 Å². The molecule has 0 aliphatic carbocycles. The summed E-state index contributed by atoms with van der Waals surface area (Å²) in [4.78, 5) is 4.17. The van der Waals surface area contributed by atoms with Gasteiger partial charge in [-0.2, -0.15) is 0 Å². The Labute approximate surface area is 85.9 Å². The molecule has 0 saturated heterocycles. The first-order valence-electron chi connectivity index (χ1n) is 5.18. The van der Waals surface area contributed by atoms with Crippen LogP contribution in [-0.4, -0.2) is 17.6 Å². The SMILES string of the molecule is CCCNc1cncc(NC(C)C)c1. The van der Waals surface area contributed by atoms with Crippen LogP contribution in [0.1, 0.15) is 27.2 Å². The van der Waals surface area contributed by atoms with Gasteiger partial charge in [-0.1, -0.05) is 6.92 Å². The molecule has 0 saturated carbocycles. The van der Waals surface area contributed by atoms with E-state index in [1.165, 1.54) is 0 Å². The van der Waals surface area contributed by atoms with Crippen LogP contribution in [0.4, 0.5) is 11.4 Å². The maximum absolute atomic E-state index is 4.17. The van der Waals surface area contributed by atoms with Crippen molar-refractivity contribution in [1.29, 1.82) is 0 Å². The van der Waals surface area contributed by atoms with Gasteiger partial charge < -0.3 is 10.6 Å². The molecular weight excluding hydrogens is 174 g/mol. The number of anilines is 2. The highest BCUT2D eigenvalue weighted by Gasteiger charge is 1.97. The summed E-state index contributed by atoms with van der Waals surface area (Å²) in [5, 5.41) is 6.62. The zero-order valence-electron chi connectivity index (χ0n) is 9.17. The Kier molecular flexibility index (Phi) is 4.23. The molecule has 0 fully saturated rings. The van der Waals surface area contributed by atoms with Crippen LogP contribution in [0, 0.1) is 0 Å². The van der Waals surface area contributed by atoms with Gasteiger partial charge in [0, 0.05) is 12.6 Å². The Hall–Kier alpha value is -1.25. The van der Waals surface area contributed by atoms with Crippen LogP contribution in [0.5, 0.6) is 0 Å². The second-order valence-electron chi connectivity index (χ2n) is 3.69. The molecule has 0 aliphatic rings. The fourth-order valence-electron chi connectivity index (χ4n) is 1.22. The Morgan fingerprint density at radius 2 is 2.00 bits per heavy atom. The molecular formula is C11H19N3. The van der Waals surface area contributed by atoms with Crippen LogP contribution in [0.2, 0.25) is 0 Å². The number of aromatic nitrogens is 1. The molecule has 1 aromatic heterocycles. The van der Waals surface area contributed by atoms with Crippen molar-refractivity contribution in [3.05, 3.63) is 18.5 Å². The second-order valence-corrected chi connectivity index (χ2v) is 3.69.